The largest absolute Gasteiger partial charge is 0.343 e. The Morgan fingerprint density at radius 3 is 1.96 bits per heavy atom. The van der Waals surface area contributed by atoms with Gasteiger partial charge in [-0.1, -0.05) is 43.7 Å². The second-order valence-electron chi connectivity index (χ2n) is 13.2. The molecule has 14 nitrogen and oxygen atoms in total. The summed E-state index contributed by atoms with van der Waals surface area (Å²) in [5.41, 5.74) is 1.26. The van der Waals surface area contributed by atoms with Crippen molar-refractivity contribution in [2.75, 3.05) is 29.5 Å². The molecule has 0 unspecified atom stereocenters. The molecule has 0 spiro atoms. The number of allylic oxidation sites excluding steroid dienone is 8. The maximum Gasteiger partial charge on any atom is 0.297 e. The van der Waals surface area contributed by atoms with E-state index in [-0.39, 0.29) is 27.2 Å². The van der Waals surface area contributed by atoms with Crippen LogP contribution in [0.4, 0.5) is 15.8 Å². The minimum absolute atomic E-state index is 0.155. The number of hydrogen-bond donors (Lipinski definition) is 4. The van der Waals surface area contributed by atoms with Gasteiger partial charge in [-0.05, 0) is 73.2 Å². The Hall–Kier alpha value is -2.83. The second kappa shape index (κ2) is 14.4. The lowest BCUT2D eigenvalue weighted by Gasteiger charge is -2.26. The number of nitrogens with zero attached hydrogens (tertiary/aromatic N) is 2. The van der Waals surface area contributed by atoms with Crippen LogP contribution in [0.3, 0.4) is 0 Å². The molecular formula is C32H37FIN2O12S4+. The Bertz CT molecular complexity index is 2450. The Morgan fingerprint density at radius 1 is 0.827 bits per heavy atom. The van der Waals surface area contributed by atoms with Crippen LogP contribution in [-0.4, -0.2) is 86.8 Å². The van der Waals surface area contributed by atoms with Crippen molar-refractivity contribution >= 4 is 80.1 Å². The lowest BCUT2D eigenvalue weighted by atomic mass is 9.81. The SMILES string of the molecule is CC(/C=C/C=C1/N(CCS(=O)(=O)O)c2cc([18F])c(S(=O)(=O)O)cc2C1(C)C)=C\C=C\C1=[N+](CCS(=O)(=O)O)c2cc([123I])c(S(=O)(=O)O)cc2C1(C)C. The second-order valence-corrected chi connectivity index (χ2v) is 20.3. The molecule has 2 aromatic carbocycles. The lowest BCUT2D eigenvalue weighted by molar-refractivity contribution is -0.432. The van der Waals surface area contributed by atoms with Crippen molar-refractivity contribution < 1.29 is 60.8 Å². The van der Waals surface area contributed by atoms with Crippen LogP contribution in [0.15, 0.2) is 81.8 Å². The fourth-order valence-electron chi connectivity index (χ4n) is 6.27. The van der Waals surface area contributed by atoms with Gasteiger partial charge in [0, 0.05) is 44.6 Å². The van der Waals surface area contributed by atoms with E-state index in [0.717, 1.165) is 12.1 Å². The first-order chi connectivity index (χ1) is 23.6. The van der Waals surface area contributed by atoms with E-state index in [1.807, 2.05) is 0 Å². The normalized spacial score (nSPS) is 18.6. The predicted molar refractivity (Wildman–Crippen MR) is 201 cm³/mol. The summed E-state index contributed by atoms with van der Waals surface area (Å²) in [7, 11) is -18.3. The zero-order valence-electron chi connectivity index (χ0n) is 28.4. The minimum Gasteiger partial charge on any atom is -0.343 e. The molecule has 0 atom stereocenters. The van der Waals surface area contributed by atoms with Gasteiger partial charge in [-0.2, -0.15) is 38.2 Å². The van der Waals surface area contributed by atoms with E-state index in [1.54, 1.807) is 98.2 Å². The lowest BCUT2D eigenvalue weighted by Crippen LogP contribution is -2.30. The monoisotopic (exact) mass is 910 g/mol. The molecule has 0 fully saturated rings. The summed E-state index contributed by atoms with van der Waals surface area (Å²) in [6.07, 6.45) is 10.0. The first-order valence-corrected chi connectivity index (χ1v) is 22.4. The Morgan fingerprint density at radius 2 is 1.40 bits per heavy atom. The van der Waals surface area contributed by atoms with Crippen LogP contribution in [0, 0.1) is 9.39 Å². The molecule has 4 rings (SSSR count). The average molecular weight is 911 g/mol. The van der Waals surface area contributed by atoms with Crippen molar-refractivity contribution in [3.63, 3.8) is 0 Å². The van der Waals surface area contributed by atoms with Crippen LogP contribution < -0.4 is 4.90 Å². The van der Waals surface area contributed by atoms with Gasteiger partial charge >= 0.3 is 0 Å². The van der Waals surface area contributed by atoms with E-state index in [1.165, 1.54) is 17.0 Å². The van der Waals surface area contributed by atoms with Gasteiger partial charge in [0.05, 0.1) is 11.2 Å². The molecule has 4 N–H and O–H groups in total. The summed E-state index contributed by atoms with van der Waals surface area (Å²) in [4.78, 5) is 0.201. The van der Waals surface area contributed by atoms with Crippen LogP contribution in [0.2, 0.25) is 0 Å². The van der Waals surface area contributed by atoms with Crippen LogP contribution in [-0.2, 0) is 51.3 Å². The van der Waals surface area contributed by atoms with Crippen molar-refractivity contribution in [3.8, 4) is 0 Å². The number of hydrogen-bond acceptors (Lipinski definition) is 9. The quantitative estimate of drug-likeness (QED) is 0.0973. The first kappa shape index (κ1) is 41.9. The Balaban J connectivity index is 1.72. The molecule has 52 heavy (non-hydrogen) atoms. The zero-order chi connectivity index (χ0) is 39.4. The molecule has 0 amide bonds. The number of fused-ring (bicyclic) bond motifs is 2. The van der Waals surface area contributed by atoms with Gasteiger partial charge in [0.25, 0.3) is 40.5 Å². The Labute approximate surface area is 316 Å². The molecule has 0 saturated heterocycles. The molecule has 2 aliphatic heterocycles. The third kappa shape index (κ3) is 9.09. The highest BCUT2D eigenvalue weighted by molar-refractivity contribution is 14.1. The fraction of sp³-hybridized carbons (Fsp3) is 0.344. The van der Waals surface area contributed by atoms with Crippen LogP contribution in [0.5, 0.6) is 0 Å². The van der Waals surface area contributed by atoms with Gasteiger partial charge in [-0.25, -0.2) is 4.39 Å². The number of anilines is 1. The molecule has 20 heteroatoms. The van der Waals surface area contributed by atoms with E-state index >= 15 is 0 Å². The topological polar surface area (TPSA) is 224 Å². The van der Waals surface area contributed by atoms with E-state index in [2.05, 4.69) is 0 Å². The predicted octanol–water partition coefficient (Wildman–Crippen LogP) is 4.82. The van der Waals surface area contributed by atoms with Crippen molar-refractivity contribution in [1.82, 2.24) is 0 Å². The molecule has 0 saturated carbocycles. The summed E-state index contributed by atoms with van der Waals surface area (Å²) < 4.78 is 149. The van der Waals surface area contributed by atoms with Gasteiger partial charge in [0.15, 0.2) is 12.3 Å². The zero-order valence-corrected chi connectivity index (χ0v) is 33.9. The van der Waals surface area contributed by atoms with Crippen LogP contribution in [0.1, 0.15) is 45.7 Å². The maximum absolute atomic E-state index is 14.8. The van der Waals surface area contributed by atoms with Crippen molar-refractivity contribution in [3.05, 3.63) is 92.5 Å². The first-order valence-electron chi connectivity index (χ1n) is 15.3. The highest BCUT2D eigenvalue weighted by Crippen LogP contribution is 2.49. The minimum atomic E-state index is -4.92. The third-order valence-electron chi connectivity index (χ3n) is 8.82. The molecule has 0 aliphatic carbocycles. The summed E-state index contributed by atoms with van der Waals surface area (Å²) in [6.45, 7) is 8.28. The molecule has 0 bridgehead atoms. The summed E-state index contributed by atoms with van der Waals surface area (Å²) in [6, 6.07) is 4.73. The van der Waals surface area contributed by atoms with Gasteiger partial charge < -0.3 is 4.90 Å². The summed E-state index contributed by atoms with van der Waals surface area (Å²) in [5.74, 6) is -2.58. The molecule has 2 aliphatic rings. The van der Waals surface area contributed by atoms with Gasteiger partial charge in [0.1, 0.15) is 21.4 Å². The number of benzene rings is 2. The maximum atomic E-state index is 14.8. The molecular weight excluding hydrogens is 874 g/mol. The van der Waals surface area contributed by atoms with Gasteiger partial charge in [-0.3, -0.25) is 18.2 Å². The van der Waals surface area contributed by atoms with E-state index < -0.39 is 73.5 Å². The fourth-order valence-corrected chi connectivity index (χ4v) is 9.52. The third-order valence-corrected chi connectivity index (χ3v) is 13.2. The van der Waals surface area contributed by atoms with Crippen molar-refractivity contribution in [1.29, 1.82) is 0 Å². The van der Waals surface area contributed by atoms with Crippen molar-refractivity contribution in [2.45, 2.75) is 55.2 Å². The summed E-state index contributed by atoms with van der Waals surface area (Å²) in [5, 5.41) is 0. The highest BCUT2D eigenvalue weighted by Gasteiger charge is 2.46. The molecule has 0 radical (unpaired) electrons. The number of rotatable bonds is 12. The van der Waals surface area contributed by atoms with Crippen LogP contribution in [0.25, 0.3) is 0 Å². The molecule has 284 valence electrons. The number of halogens is 2. The molecule has 2 heterocycles. The highest BCUT2D eigenvalue weighted by atomic mass is 123. The molecule has 2 aromatic rings. The van der Waals surface area contributed by atoms with E-state index in [0.29, 0.717) is 33.8 Å². The molecule has 0 aromatic heterocycles. The van der Waals surface area contributed by atoms with Crippen molar-refractivity contribution in [2.24, 2.45) is 0 Å². The van der Waals surface area contributed by atoms with Gasteiger partial charge in [-0.15, -0.1) is 0 Å². The van der Waals surface area contributed by atoms with E-state index in [4.69, 9.17) is 0 Å². The Kier molecular flexibility index (Phi) is 11.6. The summed E-state index contributed by atoms with van der Waals surface area (Å²) >= 11 is 1.76. The van der Waals surface area contributed by atoms with Crippen LogP contribution >= 0.6 is 22.6 Å². The smallest absolute Gasteiger partial charge is 0.297 e. The van der Waals surface area contributed by atoms with E-state index in [9.17, 15) is 56.3 Å². The standard InChI is InChI=1S/C32H36FIN2O12S4/c1-20(8-6-10-29-31(2,3)21-16-27(51(43,44)45)23(33)18-25(21)35(29)12-14-49(37,38)39)9-7-11-30-32(4,5)22-17-28(52(46,47)48)24(34)19-26(22)36(30)13-15-50(40,41)42/h6-11,16-19H,12-15H2,1-5H3,(H3-,37,38,39,40,41,42,43,44,45,46,47,48)/p+1/i33-1,34-4. The van der Waals surface area contributed by atoms with Gasteiger partial charge in [0.2, 0.25) is 5.69 Å². The average Bonchev–Trinajstić information content (AvgIpc) is 3.29.